The van der Waals surface area contributed by atoms with Gasteiger partial charge in [0.05, 0.1) is 0 Å². The Morgan fingerprint density at radius 1 is 1.40 bits per heavy atom. The van der Waals surface area contributed by atoms with Crippen molar-refractivity contribution in [3.05, 3.63) is 22.4 Å². The largest absolute Gasteiger partial charge is 0.311 e. The monoisotopic (exact) mass is 294 g/mol. The Morgan fingerprint density at radius 3 is 2.80 bits per heavy atom. The van der Waals surface area contributed by atoms with E-state index in [-0.39, 0.29) is 0 Å². The standard InChI is InChI=1S/C17H30N2S/c1-5-14(4)16-12-19(17(11-18-16)13(2)3)9-8-15-7-6-10-20-15/h6-7,10,13-14,16-18H,5,8-9,11-12H2,1-4H3. The highest BCUT2D eigenvalue weighted by atomic mass is 32.1. The lowest BCUT2D eigenvalue weighted by atomic mass is 9.92. The molecule has 1 aromatic rings. The fourth-order valence-corrected chi connectivity index (χ4v) is 3.84. The predicted octanol–water partition coefficient (Wildman–Crippen LogP) is 3.64. The summed E-state index contributed by atoms with van der Waals surface area (Å²) in [5.41, 5.74) is 0. The summed E-state index contributed by atoms with van der Waals surface area (Å²) >= 11 is 1.89. The van der Waals surface area contributed by atoms with E-state index in [1.165, 1.54) is 30.8 Å². The molecular formula is C17H30N2S. The Hall–Kier alpha value is -0.380. The van der Waals surface area contributed by atoms with Gasteiger partial charge in [-0.1, -0.05) is 40.2 Å². The van der Waals surface area contributed by atoms with Crippen LogP contribution in [0.5, 0.6) is 0 Å². The van der Waals surface area contributed by atoms with Crippen molar-refractivity contribution in [2.75, 3.05) is 19.6 Å². The van der Waals surface area contributed by atoms with E-state index in [4.69, 9.17) is 0 Å². The van der Waals surface area contributed by atoms with Crippen LogP contribution in [0.25, 0.3) is 0 Å². The van der Waals surface area contributed by atoms with E-state index in [0.29, 0.717) is 12.1 Å². The molecule has 0 radical (unpaired) electrons. The lowest BCUT2D eigenvalue weighted by Crippen LogP contribution is -2.60. The molecule has 0 amide bonds. The number of nitrogens with one attached hydrogen (secondary N) is 1. The summed E-state index contributed by atoms with van der Waals surface area (Å²) in [5.74, 6) is 1.50. The van der Waals surface area contributed by atoms with Gasteiger partial charge in [0, 0.05) is 36.6 Å². The van der Waals surface area contributed by atoms with Gasteiger partial charge in [-0.15, -0.1) is 11.3 Å². The van der Waals surface area contributed by atoms with Crippen LogP contribution in [-0.2, 0) is 6.42 Å². The van der Waals surface area contributed by atoms with Gasteiger partial charge < -0.3 is 5.32 Å². The summed E-state index contributed by atoms with van der Waals surface area (Å²) in [4.78, 5) is 4.25. The number of hydrogen-bond acceptors (Lipinski definition) is 3. The molecule has 2 heterocycles. The molecule has 1 fully saturated rings. The van der Waals surface area contributed by atoms with Gasteiger partial charge in [-0.3, -0.25) is 4.90 Å². The van der Waals surface area contributed by atoms with Crippen molar-refractivity contribution in [3.8, 4) is 0 Å². The second kappa shape index (κ2) is 7.58. The minimum absolute atomic E-state index is 0.665. The van der Waals surface area contributed by atoms with Crippen molar-refractivity contribution in [1.29, 1.82) is 0 Å². The van der Waals surface area contributed by atoms with Crippen LogP contribution in [0.2, 0.25) is 0 Å². The van der Waals surface area contributed by atoms with Crippen LogP contribution in [0.3, 0.4) is 0 Å². The van der Waals surface area contributed by atoms with Gasteiger partial charge in [-0.25, -0.2) is 0 Å². The molecule has 3 unspecified atom stereocenters. The van der Waals surface area contributed by atoms with Gasteiger partial charge in [-0.2, -0.15) is 0 Å². The zero-order chi connectivity index (χ0) is 14.5. The van der Waals surface area contributed by atoms with Crippen molar-refractivity contribution in [3.63, 3.8) is 0 Å². The van der Waals surface area contributed by atoms with Gasteiger partial charge in [0.15, 0.2) is 0 Å². The molecule has 3 heteroatoms. The molecule has 1 saturated heterocycles. The third-order valence-electron chi connectivity index (χ3n) is 4.82. The summed E-state index contributed by atoms with van der Waals surface area (Å²) in [6.45, 7) is 13.0. The molecule has 3 atom stereocenters. The number of nitrogens with zero attached hydrogens (tertiary/aromatic N) is 1. The molecule has 114 valence electrons. The average Bonchev–Trinajstić information content (AvgIpc) is 2.97. The first-order valence-electron chi connectivity index (χ1n) is 8.11. The number of hydrogen-bond donors (Lipinski definition) is 1. The van der Waals surface area contributed by atoms with Crippen LogP contribution in [0, 0.1) is 11.8 Å². The summed E-state index contributed by atoms with van der Waals surface area (Å²) < 4.78 is 0. The molecule has 2 nitrogen and oxygen atoms in total. The fraction of sp³-hybridized carbons (Fsp3) is 0.765. The van der Waals surface area contributed by atoms with Crippen LogP contribution in [0.4, 0.5) is 0 Å². The van der Waals surface area contributed by atoms with E-state index in [2.05, 4.69) is 55.4 Å². The fourth-order valence-electron chi connectivity index (χ4n) is 3.14. The van der Waals surface area contributed by atoms with E-state index in [9.17, 15) is 0 Å². The molecule has 20 heavy (non-hydrogen) atoms. The Kier molecular flexibility index (Phi) is 6.06. The van der Waals surface area contributed by atoms with Crippen LogP contribution in [0.15, 0.2) is 17.5 Å². The molecule has 1 aliphatic heterocycles. The van der Waals surface area contributed by atoms with Crippen LogP contribution >= 0.6 is 11.3 Å². The zero-order valence-corrected chi connectivity index (χ0v) is 14.2. The van der Waals surface area contributed by atoms with Gasteiger partial charge in [0.1, 0.15) is 0 Å². The molecule has 0 bridgehead atoms. The maximum Gasteiger partial charge on any atom is 0.0244 e. The average molecular weight is 295 g/mol. The maximum atomic E-state index is 3.79. The Labute approximate surface area is 128 Å². The number of rotatable bonds is 6. The van der Waals surface area contributed by atoms with Gasteiger partial charge in [0.25, 0.3) is 0 Å². The minimum atomic E-state index is 0.665. The molecular weight excluding hydrogens is 264 g/mol. The first-order valence-corrected chi connectivity index (χ1v) is 8.99. The van der Waals surface area contributed by atoms with Gasteiger partial charge in [-0.05, 0) is 29.7 Å². The van der Waals surface area contributed by atoms with E-state index in [1.54, 1.807) is 0 Å². The van der Waals surface area contributed by atoms with E-state index >= 15 is 0 Å². The van der Waals surface area contributed by atoms with Crippen molar-refractivity contribution in [2.45, 2.75) is 52.6 Å². The number of piperazine rings is 1. The van der Waals surface area contributed by atoms with E-state index < -0.39 is 0 Å². The van der Waals surface area contributed by atoms with Crippen molar-refractivity contribution in [2.24, 2.45) is 11.8 Å². The quantitative estimate of drug-likeness (QED) is 0.862. The second-order valence-electron chi connectivity index (χ2n) is 6.54. The normalized spacial score (nSPS) is 26.1. The Morgan fingerprint density at radius 2 is 2.20 bits per heavy atom. The lowest BCUT2D eigenvalue weighted by Gasteiger charge is -2.44. The summed E-state index contributed by atoms with van der Waals surface area (Å²) in [7, 11) is 0. The van der Waals surface area contributed by atoms with E-state index in [1.807, 2.05) is 11.3 Å². The van der Waals surface area contributed by atoms with Gasteiger partial charge >= 0.3 is 0 Å². The van der Waals surface area contributed by atoms with Crippen molar-refractivity contribution >= 4 is 11.3 Å². The van der Waals surface area contributed by atoms with Crippen LogP contribution < -0.4 is 5.32 Å². The third kappa shape index (κ3) is 4.06. The topological polar surface area (TPSA) is 15.3 Å². The predicted molar refractivity (Wildman–Crippen MR) is 89.5 cm³/mol. The highest BCUT2D eigenvalue weighted by Gasteiger charge is 2.31. The maximum absolute atomic E-state index is 3.79. The van der Waals surface area contributed by atoms with E-state index in [0.717, 1.165) is 18.4 Å². The first-order chi connectivity index (χ1) is 9.61. The van der Waals surface area contributed by atoms with Crippen molar-refractivity contribution < 1.29 is 0 Å². The smallest absolute Gasteiger partial charge is 0.0244 e. The number of thiophene rings is 1. The molecule has 0 spiro atoms. The molecule has 1 aliphatic rings. The molecule has 1 N–H and O–H groups in total. The summed E-state index contributed by atoms with van der Waals surface area (Å²) in [5, 5.41) is 5.97. The second-order valence-corrected chi connectivity index (χ2v) is 7.57. The Balaban J connectivity index is 1.95. The summed E-state index contributed by atoms with van der Waals surface area (Å²) in [6.07, 6.45) is 2.47. The molecule has 0 aromatic carbocycles. The molecule has 0 saturated carbocycles. The Bertz CT molecular complexity index is 374. The molecule has 0 aliphatic carbocycles. The first kappa shape index (κ1) is 16.0. The highest BCUT2D eigenvalue weighted by Crippen LogP contribution is 2.21. The minimum Gasteiger partial charge on any atom is -0.311 e. The molecule has 1 aromatic heterocycles. The third-order valence-corrected chi connectivity index (χ3v) is 5.75. The summed E-state index contributed by atoms with van der Waals surface area (Å²) in [6, 6.07) is 5.79. The zero-order valence-electron chi connectivity index (χ0n) is 13.4. The molecule has 2 rings (SSSR count). The van der Waals surface area contributed by atoms with Crippen LogP contribution in [-0.4, -0.2) is 36.6 Å². The SMILES string of the molecule is CCC(C)C1CN(CCc2cccs2)C(C(C)C)CN1. The van der Waals surface area contributed by atoms with Crippen LogP contribution in [0.1, 0.15) is 39.0 Å². The van der Waals surface area contributed by atoms with Crippen molar-refractivity contribution in [1.82, 2.24) is 10.2 Å². The van der Waals surface area contributed by atoms with Gasteiger partial charge in [0.2, 0.25) is 0 Å². The lowest BCUT2D eigenvalue weighted by molar-refractivity contribution is 0.0833. The highest BCUT2D eigenvalue weighted by molar-refractivity contribution is 7.09.